The van der Waals surface area contributed by atoms with Crippen molar-refractivity contribution in [3.8, 4) is 0 Å². The van der Waals surface area contributed by atoms with Gasteiger partial charge in [-0.15, -0.1) is 0 Å². The van der Waals surface area contributed by atoms with Gasteiger partial charge in [-0.25, -0.2) is 9.18 Å². The molecule has 0 aromatic heterocycles. The van der Waals surface area contributed by atoms with Crippen LogP contribution in [0, 0.1) is 5.82 Å². The molecule has 0 aliphatic rings. The Bertz CT molecular complexity index is 679. The third-order valence-corrected chi connectivity index (χ3v) is 3.31. The molecule has 0 unspecified atom stereocenters. The van der Waals surface area contributed by atoms with Gasteiger partial charge in [0, 0.05) is 13.3 Å². The molecule has 2 amide bonds. The van der Waals surface area contributed by atoms with Gasteiger partial charge in [0.1, 0.15) is 17.9 Å². The summed E-state index contributed by atoms with van der Waals surface area (Å²) < 4.78 is 18.0. The third-order valence-electron chi connectivity index (χ3n) is 3.31. The van der Waals surface area contributed by atoms with Gasteiger partial charge in [-0.2, -0.15) is 0 Å². The summed E-state index contributed by atoms with van der Waals surface area (Å²) >= 11 is 0. The molecule has 2 atom stereocenters. The van der Waals surface area contributed by atoms with E-state index in [1.807, 2.05) is 0 Å². The number of carbonyl (C=O) groups excluding carboxylic acids is 3. The summed E-state index contributed by atoms with van der Waals surface area (Å²) in [5.41, 5.74) is 0.441. The van der Waals surface area contributed by atoms with Gasteiger partial charge >= 0.3 is 11.9 Å². The van der Waals surface area contributed by atoms with E-state index in [0.717, 1.165) is 0 Å². The number of halogens is 1. The highest BCUT2D eigenvalue weighted by atomic mass is 19.1. The number of benzene rings is 1. The molecule has 8 nitrogen and oxygen atoms in total. The number of amides is 2. The maximum atomic E-state index is 13.3. The predicted octanol–water partition coefficient (Wildman–Crippen LogP) is 0.395. The van der Waals surface area contributed by atoms with Crippen LogP contribution < -0.4 is 10.6 Å². The van der Waals surface area contributed by atoms with Gasteiger partial charge in [0.05, 0.1) is 13.0 Å². The molecule has 1 rings (SSSR count). The predicted molar refractivity (Wildman–Crippen MR) is 88.5 cm³/mol. The molecule has 1 aromatic carbocycles. The number of carbonyl (C=O) groups is 4. The van der Waals surface area contributed by atoms with Crippen molar-refractivity contribution in [2.75, 3.05) is 6.61 Å². The summed E-state index contributed by atoms with van der Waals surface area (Å²) in [6.45, 7) is 2.84. The van der Waals surface area contributed by atoms with Crippen molar-refractivity contribution >= 4 is 23.8 Å². The van der Waals surface area contributed by atoms with Crippen molar-refractivity contribution in [3.63, 3.8) is 0 Å². The lowest BCUT2D eigenvalue weighted by molar-refractivity contribution is -0.150. The van der Waals surface area contributed by atoms with Gasteiger partial charge in [0.2, 0.25) is 11.8 Å². The Kier molecular flexibility index (Phi) is 8.20. The van der Waals surface area contributed by atoms with Crippen LogP contribution in [0.15, 0.2) is 24.3 Å². The lowest BCUT2D eigenvalue weighted by atomic mass is 10.0. The minimum Gasteiger partial charge on any atom is -0.480 e. The standard InChI is InChI=1S/C17H21FN2O6/c1-3-26-15(22)9-14(17(24)25)20-16(23)13(19-10(2)21)8-11-5-4-6-12(18)7-11/h4-7,13-14H,3,8-9H2,1-2H3,(H,19,21)(H,20,23)(H,24,25)/t13-,14+/m0/s1. The minimum atomic E-state index is -1.51. The Morgan fingerprint density at radius 1 is 1.19 bits per heavy atom. The zero-order valence-corrected chi connectivity index (χ0v) is 14.5. The zero-order chi connectivity index (χ0) is 19.7. The second kappa shape index (κ2) is 10.1. The number of esters is 1. The lowest BCUT2D eigenvalue weighted by Gasteiger charge is -2.21. The second-order valence-corrected chi connectivity index (χ2v) is 5.50. The van der Waals surface area contributed by atoms with Crippen LogP contribution in [-0.4, -0.2) is 47.6 Å². The molecule has 0 aliphatic heterocycles. The van der Waals surface area contributed by atoms with Gasteiger partial charge in [0.25, 0.3) is 0 Å². The summed E-state index contributed by atoms with van der Waals surface area (Å²) in [6, 6.07) is 2.82. The van der Waals surface area contributed by atoms with E-state index < -0.39 is 48.1 Å². The van der Waals surface area contributed by atoms with Crippen molar-refractivity contribution in [1.82, 2.24) is 10.6 Å². The topological polar surface area (TPSA) is 122 Å². The highest BCUT2D eigenvalue weighted by Gasteiger charge is 2.28. The van der Waals surface area contributed by atoms with Gasteiger partial charge in [-0.3, -0.25) is 14.4 Å². The Hall–Kier alpha value is -2.97. The Morgan fingerprint density at radius 2 is 1.88 bits per heavy atom. The Balaban J connectivity index is 2.87. The van der Waals surface area contributed by atoms with E-state index in [4.69, 9.17) is 5.11 Å². The molecule has 26 heavy (non-hydrogen) atoms. The second-order valence-electron chi connectivity index (χ2n) is 5.50. The van der Waals surface area contributed by atoms with Crippen LogP contribution in [0.2, 0.25) is 0 Å². The fourth-order valence-corrected chi connectivity index (χ4v) is 2.21. The third kappa shape index (κ3) is 7.29. The van der Waals surface area contributed by atoms with E-state index in [-0.39, 0.29) is 13.0 Å². The van der Waals surface area contributed by atoms with Crippen LogP contribution in [0.4, 0.5) is 4.39 Å². The number of ether oxygens (including phenoxy) is 1. The summed E-state index contributed by atoms with van der Waals surface area (Å²) in [6.07, 6.45) is -0.601. The minimum absolute atomic E-state index is 0.0467. The number of carboxylic acids is 1. The van der Waals surface area contributed by atoms with E-state index in [1.165, 1.54) is 25.1 Å². The average molecular weight is 368 g/mol. The smallest absolute Gasteiger partial charge is 0.326 e. The van der Waals surface area contributed by atoms with E-state index in [2.05, 4.69) is 15.4 Å². The highest BCUT2D eigenvalue weighted by Crippen LogP contribution is 2.08. The van der Waals surface area contributed by atoms with E-state index in [0.29, 0.717) is 5.56 Å². The van der Waals surface area contributed by atoms with Crippen molar-refractivity contribution in [2.45, 2.75) is 38.8 Å². The molecule has 0 spiro atoms. The molecule has 0 saturated heterocycles. The van der Waals surface area contributed by atoms with Crippen LogP contribution in [0.25, 0.3) is 0 Å². The maximum absolute atomic E-state index is 13.3. The summed E-state index contributed by atoms with van der Waals surface area (Å²) in [7, 11) is 0. The van der Waals surface area contributed by atoms with E-state index >= 15 is 0 Å². The van der Waals surface area contributed by atoms with E-state index in [9.17, 15) is 23.6 Å². The first-order valence-electron chi connectivity index (χ1n) is 7.93. The van der Waals surface area contributed by atoms with Crippen LogP contribution in [-0.2, 0) is 30.3 Å². The van der Waals surface area contributed by atoms with Gasteiger partial charge in [0.15, 0.2) is 0 Å². The highest BCUT2D eigenvalue weighted by molar-refractivity contribution is 5.91. The van der Waals surface area contributed by atoms with Crippen LogP contribution in [0.5, 0.6) is 0 Å². The largest absolute Gasteiger partial charge is 0.480 e. The van der Waals surface area contributed by atoms with Crippen molar-refractivity contribution in [3.05, 3.63) is 35.6 Å². The molecule has 0 bridgehead atoms. The van der Waals surface area contributed by atoms with Gasteiger partial charge < -0.3 is 20.5 Å². The number of rotatable bonds is 9. The molecule has 0 fully saturated rings. The number of aliphatic carboxylic acids is 1. The lowest BCUT2D eigenvalue weighted by Crippen LogP contribution is -2.52. The van der Waals surface area contributed by atoms with Crippen LogP contribution in [0.3, 0.4) is 0 Å². The van der Waals surface area contributed by atoms with Crippen LogP contribution >= 0.6 is 0 Å². The first kappa shape index (κ1) is 21.1. The number of nitrogens with one attached hydrogen (secondary N) is 2. The first-order chi connectivity index (χ1) is 12.2. The molecular formula is C17H21FN2O6. The average Bonchev–Trinajstić information content (AvgIpc) is 2.53. The molecule has 0 saturated carbocycles. The monoisotopic (exact) mass is 368 g/mol. The SMILES string of the molecule is CCOC(=O)C[C@@H](NC(=O)[C@H](Cc1cccc(F)c1)NC(C)=O)C(=O)O. The van der Waals surface area contributed by atoms with Crippen molar-refractivity contribution in [1.29, 1.82) is 0 Å². The normalized spacial score (nSPS) is 12.6. The Labute approximate surface area is 149 Å². The molecule has 3 N–H and O–H groups in total. The fourth-order valence-electron chi connectivity index (χ4n) is 2.21. The van der Waals surface area contributed by atoms with Crippen LogP contribution in [0.1, 0.15) is 25.8 Å². The maximum Gasteiger partial charge on any atom is 0.326 e. The molecule has 1 aromatic rings. The summed E-state index contributed by atoms with van der Waals surface area (Å²) in [4.78, 5) is 46.5. The van der Waals surface area contributed by atoms with Crippen molar-refractivity contribution in [2.24, 2.45) is 0 Å². The molecule has 142 valence electrons. The molecule has 0 aliphatic carbocycles. The first-order valence-corrected chi connectivity index (χ1v) is 7.93. The Morgan fingerprint density at radius 3 is 2.42 bits per heavy atom. The molecule has 0 radical (unpaired) electrons. The number of hydrogen-bond donors (Lipinski definition) is 3. The zero-order valence-electron chi connectivity index (χ0n) is 14.5. The van der Waals surface area contributed by atoms with Gasteiger partial charge in [-0.1, -0.05) is 12.1 Å². The number of carboxylic acid groups (broad SMARTS) is 1. The fraction of sp³-hybridized carbons (Fsp3) is 0.412. The molecule has 9 heteroatoms. The molecule has 0 heterocycles. The van der Waals surface area contributed by atoms with E-state index in [1.54, 1.807) is 13.0 Å². The van der Waals surface area contributed by atoms with Crippen molar-refractivity contribution < 1.29 is 33.4 Å². The number of hydrogen-bond acceptors (Lipinski definition) is 5. The summed E-state index contributed by atoms with van der Waals surface area (Å²) in [5.74, 6) is -4.02. The summed E-state index contributed by atoms with van der Waals surface area (Å²) in [5, 5.41) is 13.8. The molecular weight excluding hydrogens is 347 g/mol. The quantitative estimate of drug-likeness (QED) is 0.542. The van der Waals surface area contributed by atoms with Gasteiger partial charge in [-0.05, 0) is 24.6 Å².